The summed E-state index contributed by atoms with van der Waals surface area (Å²) in [7, 11) is 1.81. The van der Waals surface area contributed by atoms with Gasteiger partial charge in [0.25, 0.3) is 0 Å². The summed E-state index contributed by atoms with van der Waals surface area (Å²) in [6.07, 6.45) is 12.8. The number of rotatable bonds is 9. The van der Waals surface area contributed by atoms with Crippen molar-refractivity contribution in [2.45, 2.75) is 129 Å². The quantitative estimate of drug-likeness (QED) is 0.263. The fourth-order valence-corrected chi connectivity index (χ4v) is 9.11. The number of benzene rings is 2. The zero-order valence-corrected chi connectivity index (χ0v) is 30.0. The van der Waals surface area contributed by atoms with Gasteiger partial charge in [-0.2, -0.15) is 0 Å². The molecule has 2 fully saturated rings. The molecule has 1 N–H and O–H groups in total. The molecule has 2 aromatic rings. The van der Waals surface area contributed by atoms with Crippen molar-refractivity contribution in [3.63, 3.8) is 0 Å². The van der Waals surface area contributed by atoms with Crippen LogP contribution in [0.4, 0.5) is 4.79 Å². The lowest BCUT2D eigenvalue weighted by Gasteiger charge is -2.59. The number of carbonyl (C=O) groups excluding carboxylic acids is 1. The van der Waals surface area contributed by atoms with Crippen molar-refractivity contribution in [1.29, 1.82) is 0 Å². The van der Waals surface area contributed by atoms with E-state index in [4.69, 9.17) is 14.2 Å². The highest BCUT2D eigenvalue weighted by atomic mass is 127. The molecule has 2 saturated carbocycles. The highest BCUT2D eigenvalue weighted by Crippen LogP contribution is 2.67. The first-order valence-corrected chi connectivity index (χ1v) is 18.2. The Morgan fingerprint density at radius 3 is 2.57 bits per heavy atom. The minimum atomic E-state index is -0.539. The number of halogens is 1. The maximum Gasteiger partial charge on any atom is 0.407 e. The summed E-state index contributed by atoms with van der Waals surface area (Å²) in [5, 5.41) is 3.42. The molecule has 0 spiro atoms. The minimum Gasteiger partial charge on any atom is -0.493 e. The van der Waals surface area contributed by atoms with Crippen molar-refractivity contribution in [3.05, 3.63) is 56.7 Å². The second-order valence-corrected chi connectivity index (χ2v) is 16.0. The van der Waals surface area contributed by atoms with Gasteiger partial charge < -0.3 is 19.5 Å². The van der Waals surface area contributed by atoms with Crippen molar-refractivity contribution in [3.8, 4) is 11.5 Å². The third kappa shape index (κ3) is 7.36. The fraction of sp³-hybridized carbons (Fsp3) is 0.658. The molecule has 0 heterocycles. The summed E-state index contributed by atoms with van der Waals surface area (Å²) in [4.78, 5) is 13.4. The second-order valence-electron chi connectivity index (χ2n) is 14.9. The third-order valence-corrected chi connectivity index (χ3v) is 12.1. The Balaban J connectivity index is 1.62. The molecule has 2 aromatic carbocycles. The number of ether oxygens (including phenoxy) is 3. The molecule has 5 unspecified atom stereocenters. The summed E-state index contributed by atoms with van der Waals surface area (Å²) >= 11 is 2.46. The van der Waals surface area contributed by atoms with Crippen LogP contribution < -0.4 is 14.8 Å². The van der Waals surface area contributed by atoms with Crippen molar-refractivity contribution in [1.82, 2.24) is 5.32 Å². The lowest BCUT2D eigenvalue weighted by atomic mass is 9.45. The summed E-state index contributed by atoms with van der Waals surface area (Å²) < 4.78 is 19.9. The number of alkyl carbamates (subject to hydrolysis) is 1. The Bertz CT molecular complexity index is 1270. The molecule has 0 radical (unpaired) electrons. The van der Waals surface area contributed by atoms with Crippen LogP contribution in [0.15, 0.2) is 36.4 Å². The smallest absolute Gasteiger partial charge is 0.407 e. The van der Waals surface area contributed by atoms with Crippen molar-refractivity contribution >= 4 is 28.7 Å². The number of hydrogen-bond acceptors (Lipinski definition) is 4. The van der Waals surface area contributed by atoms with Gasteiger partial charge in [-0.1, -0.05) is 82.3 Å². The third-order valence-electron chi connectivity index (χ3n) is 10.9. The average molecular weight is 716 g/mol. The maximum atomic E-state index is 13.4. The first-order valence-electron chi connectivity index (χ1n) is 17.1. The van der Waals surface area contributed by atoms with Gasteiger partial charge in [-0.3, -0.25) is 0 Å². The normalized spacial score (nSPS) is 27.2. The summed E-state index contributed by atoms with van der Waals surface area (Å²) in [5.74, 6) is 4.01. The molecular formula is C38H54INO4. The van der Waals surface area contributed by atoms with Crippen LogP contribution in [-0.2, 0) is 17.8 Å². The molecule has 5 rings (SSSR count). The van der Waals surface area contributed by atoms with E-state index in [1.807, 2.05) is 33.9 Å². The summed E-state index contributed by atoms with van der Waals surface area (Å²) in [5.41, 5.74) is 3.36. The van der Waals surface area contributed by atoms with Crippen LogP contribution in [0.25, 0.3) is 0 Å². The van der Waals surface area contributed by atoms with E-state index in [1.54, 1.807) is 0 Å². The van der Waals surface area contributed by atoms with Gasteiger partial charge in [-0.25, -0.2) is 4.79 Å². The first kappa shape index (κ1) is 33.4. The van der Waals surface area contributed by atoms with E-state index in [2.05, 4.69) is 72.1 Å². The lowest BCUT2D eigenvalue weighted by molar-refractivity contribution is -0.0497. The summed E-state index contributed by atoms with van der Waals surface area (Å²) in [6.45, 7) is 11.1. The van der Waals surface area contributed by atoms with E-state index in [1.165, 1.54) is 62.5 Å². The van der Waals surface area contributed by atoms with Crippen LogP contribution in [0.2, 0.25) is 0 Å². The first-order chi connectivity index (χ1) is 21.0. The SMILES string of the molecule is CC[C@H](C)CCC12CC3CCCCCC1CC2c1cc(c(I)c(OCc2ccccc2)c1OC)CC3NC(=O)OC(C)(C)C. The van der Waals surface area contributed by atoms with E-state index in [0.29, 0.717) is 30.3 Å². The van der Waals surface area contributed by atoms with Crippen LogP contribution in [0.3, 0.4) is 0 Å². The van der Waals surface area contributed by atoms with Crippen LogP contribution in [0.1, 0.15) is 121 Å². The summed E-state index contributed by atoms with van der Waals surface area (Å²) in [6, 6.07) is 12.8. The van der Waals surface area contributed by atoms with E-state index in [0.717, 1.165) is 39.9 Å². The molecule has 44 heavy (non-hydrogen) atoms. The number of carbonyl (C=O) groups is 1. The van der Waals surface area contributed by atoms with Crippen LogP contribution >= 0.6 is 22.6 Å². The molecule has 0 aromatic heterocycles. The largest absolute Gasteiger partial charge is 0.493 e. The van der Waals surface area contributed by atoms with Crippen molar-refractivity contribution in [2.24, 2.45) is 23.2 Å². The van der Waals surface area contributed by atoms with Crippen LogP contribution in [0.5, 0.6) is 11.5 Å². The van der Waals surface area contributed by atoms with Gasteiger partial charge in [0.1, 0.15) is 12.2 Å². The molecule has 0 aliphatic heterocycles. The van der Waals surface area contributed by atoms with E-state index >= 15 is 0 Å². The second kappa shape index (κ2) is 14.2. The van der Waals surface area contributed by atoms with E-state index < -0.39 is 5.60 Å². The zero-order chi connectivity index (χ0) is 31.5. The van der Waals surface area contributed by atoms with Gasteiger partial charge in [0, 0.05) is 11.6 Å². The van der Waals surface area contributed by atoms with Gasteiger partial charge in [0.05, 0.1) is 10.7 Å². The standard InChI is InChI=1S/C38H54INO4/c1-7-25(2)18-19-38-23-27-16-12-9-13-17-29(38)22-31(38)30-20-28(21-32(27)40-36(41)44-37(3,4)5)33(39)35(34(30)42-6)43-24-26-14-10-8-11-15-26/h8,10-11,14-15,20,25,27,29,31-32H,7,9,12-13,16-19,21-24H2,1-6H3,(H,40,41)/t25-,27?,29?,31?,32?,38?/m0/s1. The molecule has 4 bridgehead atoms. The van der Waals surface area contributed by atoms with Crippen molar-refractivity contribution in [2.75, 3.05) is 7.11 Å². The van der Waals surface area contributed by atoms with Crippen molar-refractivity contribution < 1.29 is 19.0 Å². The number of methoxy groups -OCH3 is 1. The Morgan fingerprint density at radius 2 is 1.86 bits per heavy atom. The molecule has 3 aliphatic rings. The molecule has 5 nitrogen and oxygen atoms in total. The number of nitrogens with one attached hydrogen (secondary N) is 1. The topological polar surface area (TPSA) is 56.8 Å². The number of fused-ring (bicyclic) bond motifs is 4. The van der Waals surface area contributed by atoms with Gasteiger partial charge in [0.2, 0.25) is 0 Å². The fourth-order valence-electron chi connectivity index (χ4n) is 8.34. The van der Waals surface area contributed by atoms with E-state index in [9.17, 15) is 4.79 Å². The highest BCUT2D eigenvalue weighted by molar-refractivity contribution is 14.1. The Hall–Kier alpha value is -1.96. The zero-order valence-electron chi connectivity index (χ0n) is 27.8. The number of amides is 1. The molecule has 6 heteroatoms. The van der Waals surface area contributed by atoms with Gasteiger partial charge in [-0.15, -0.1) is 0 Å². The molecule has 0 saturated heterocycles. The monoisotopic (exact) mass is 715 g/mol. The van der Waals surface area contributed by atoms with Crippen LogP contribution in [0, 0.1) is 26.7 Å². The molecule has 3 aliphatic carbocycles. The lowest BCUT2D eigenvalue weighted by Crippen LogP contribution is -2.51. The molecule has 242 valence electrons. The van der Waals surface area contributed by atoms with Gasteiger partial charge >= 0.3 is 6.09 Å². The predicted molar refractivity (Wildman–Crippen MR) is 187 cm³/mol. The van der Waals surface area contributed by atoms with Gasteiger partial charge in [-0.05, 0) is 122 Å². The predicted octanol–water partition coefficient (Wildman–Crippen LogP) is 10.2. The molecular weight excluding hydrogens is 661 g/mol. The maximum absolute atomic E-state index is 13.4. The van der Waals surface area contributed by atoms with Gasteiger partial charge in [0.15, 0.2) is 11.5 Å². The van der Waals surface area contributed by atoms with Crippen LogP contribution in [-0.4, -0.2) is 24.8 Å². The Labute approximate surface area is 279 Å². The average Bonchev–Trinajstić information content (AvgIpc) is 3.06. The number of hydrogen-bond donors (Lipinski definition) is 1. The molecule has 1 amide bonds. The van der Waals surface area contributed by atoms with E-state index in [-0.39, 0.29) is 17.6 Å². The highest BCUT2D eigenvalue weighted by Gasteiger charge is 2.57. The minimum absolute atomic E-state index is 0.000146. The molecule has 6 atom stereocenters. The Kier molecular flexibility index (Phi) is 10.8. The Morgan fingerprint density at radius 1 is 1.11 bits per heavy atom.